The Hall–Kier alpha value is -2.89. The fourth-order valence-electron chi connectivity index (χ4n) is 2.83. The first kappa shape index (κ1) is 18.9. The topological polar surface area (TPSA) is 72.1 Å². The molecule has 142 valence electrons. The highest BCUT2D eigenvalue weighted by Crippen LogP contribution is 2.47. The van der Waals surface area contributed by atoms with Gasteiger partial charge >= 0.3 is 6.18 Å². The lowest BCUT2D eigenvalue weighted by atomic mass is 9.86. The van der Waals surface area contributed by atoms with Gasteiger partial charge in [0.15, 0.2) is 5.41 Å². The number of carbonyl (C=O) groups excluding carboxylic acids is 1. The Bertz CT molecular complexity index is 883. The van der Waals surface area contributed by atoms with E-state index in [0.29, 0.717) is 5.56 Å². The van der Waals surface area contributed by atoms with E-state index in [4.69, 9.17) is 4.52 Å². The van der Waals surface area contributed by atoms with E-state index >= 15 is 0 Å². The van der Waals surface area contributed by atoms with Crippen LogP contribution < -0.4 is 0 Å². The quantitative estimate of drug-likeness (QED) is 0.752. The first-order valence-corrected chi connectivity index (χ1v) is 8.35. The zero-order chi connectivity index (χ0) is 19.7. The minimum absolute atomic E-state index is 0.0420. The summed E-state index contributed by atoms with van der Waals surface area (Å²) >= 11 is 0. The van der Waals surface area contributed by atoms with Crippen molar-refractivity contribution in [2.75, 3.05) is 13.1 Å². The van der Waals surface area contributed by atoms with Crippen molar-refractivity contribution < 1.29 is 22.5 Å². The van der Waals surface area contributed by atoms with Crippen LogP contribution in [0.4, 0.5) is 13.2 Å². The van der Waals surface area contributed by atoms with E-state index in [1.165, 1.54) is 12.4 Å². The molecule has 0 spiro atoms. The molecule has 1 aliphatic heterocycles. The third-order valence-electron chi connectivity index (χ3n) is 4.34. The second-order valence-electron chi connectivity index (χ2n) is 6.64. The Morgan fingerprint density at radius 1 is 1.33 bits per heavy atom. The number of hydrogen-bond donors (Lipinski definition) is 0. The van der Waals surface area contributed by atoms with Crippen LogP contribution in [-0.2, 0) is 10.2 Å². The van der Waals surface area contributed by atoms with Crippen LogP contribution in [0.5, 0.6) is 0 Å². The van der Waals surface area contributed by atoms with Crippen LogP contribution >= 0.6 is 0 Å². The van der Waals surface area contributed by atoms with Crippen molar-refractivity contribution in [2.45, 2.75) is 31.9 Å². The molecule has 6 nitrogen and oxygen atoms in total. The van der Waals surface area contributed by atoms with E-state index < -0.39 is 29.9 Å². The van der Waals surface area contributed by atoms with Gasteiger partial charge in [0.1, 0.15) is 0 Å². The summed E-state index contributed by atoms with van der Waals surface area (Å²) in [6, 6.07) is 3.14. The number of rotatable bonds is 2. The molecule has 0 saturated carbocycles. The van der Waals surface area contributed by atoms with Crippen LogP contribution in [0.15, 0.2) is 29.0 Å². The van der Waals surface area contributed by atoms with Crippen molar-refractivity contribution in [2.24, 2.45) is 5.92 Å². The summed E-state index contributed by atoms with van der Waals surface area (Å²) in [5.41, 5.74) is -1.91. The van der Waals surface area contributed by atoms with Gasteiger partial charge in [0.05, 0.1) is 0 Å². The maximum absolute atomic E-state index is 14.0. The van der Waals surface area contributed by atoms with Gasteiger partial charge in [-0.25, -0.2) is 0 Å². The monoisotopic (exact) mass is 378 g/mol. The third kappa shape index (κ3) is 3.65. The Kier molecular flexibility index (Phi) is 4.91. The van der Waals surface area contributed by atoms with Crippen molar-refractivity contribution in [3.05, 3.63) is 30.4 Å². The molecule has 1 saturated heterocycles. The molecule has 3 rings (SSSR count). The van der Waals surface area contributed by atoms with E-state index in [-0.39, 0.29) is 24.7 Å². The summed E-state index contributed by atoms with van der Waals surface area (Å²) in [5.74, 6) is 3.87. The summed E-state index contributed by atoms with van der Waals surface area (Å²) in [6.07, 6.45) is -2.05. The van der Waals surface area contributed by atoms with Crippen molar-refractivity contribution in [3.8, 4) is 23.2 Å². The first-order valence-electron chi connectivity index (χ1n) is 8.35. The zero-order valence-corrected chi connectivity index (χ0v) is 14.7. The van der Waals surface area contributed by atoms with Gasteiger partial charge in [-0.2, -0.15) is 18.2 Å². The van der Waals surface area contributed by atoms with E-state index in [1.807, 2.05) is 0 Å². The number of nitrogens with zero attached hydrogens (tertiary/aromatic N) is 4. The van der Waals surface area contributed by atoms with E-state index in [2.05, 4.69) is 27.0 Å². The maximum Gasteiger partial charge on any atom is 0.405 e. The molecule has 2 aromatic rings. The van der Waals surface area contributed by atoms with Gasteiger partial charge in [0.25, 0.3) is 5.91 Å². The predicted molar refractivity (Wildman–Crippen MR) is 89.1 cm³/mol. The molecule has 9 heteroatoms. The molecule has 1 atom stereocenters. The number of amides is 1. The van der Waals surface area contributed by atoms with Gasteiger partial charge < -0.3 is 9.42 Å². The van der Waals surface area contributed by atoms with Gasteiger partial charge in [-0.15, -0.1) is 0 Å². The van der Waals surface area contributed by atoms with E-state index in [9.17, 15) is 18.0 Å². The average molecular weight is 378 g/mol. The zero-order valence-electron chi connectivity index (χ0n) is 14.7. The molecular weight excluding hydrogens is 361 g/mol. The molecule has 3 heterocycles. The summed E-state index contributed by atoms with van der Waals surface area (Å²) < 4.78 is 46.8. The van der Waals surface area contributed by atoms with Gasteiger partial charge in [-0.1, -0.05) is 24.9 Å². The van der Waals surface area contributed by atoms with Crippen molar-refractivity contribution in [1.82, 2.24) is 20.0 Å². The molecule has 1 fully saturated rings. The SMILES string of the molecule is CC(C)C#CC(=O)N1CCC(c2nc(-c3ccncc3)no2)(C(F)(F)F)C1. The Balaban J connectivity index is 1.92. The smallest absolute Gasteiger partial charge is 0.338 e. The minimum Gasteiger partial charge on any atom is -0.338 e. The number of aromatic nitrogens is 3. The van der Waals surface area contributed by atoms with Crippen LogP contribution in [0.1, 0.15) is 26.2 Å². The van der Waals surface area contributed by atoms with Gasteiger partial charge in [0.2, 0.25) is 11.7 Å². The Morgan fingerprint density at radius 2 is 2.04 bits per heavy atom. The number of carbonyl (C=O) groups is 1. The lowest BCUT2D eigenvalue weighted by molar-refractivity contribution is -0.193. The minimum atomic E-state index is -4.66. The number of halogens is 3. The maximum atomic E-state index is 14.0. The highest BCUT2D eigenvalue weighted by atomic mass is 19.4. The van der Waals surface area contributed by atoms with Crippen LogP contribution in [0.3, 0.4) is 0 Å². The average Bonchev–Trinajstić information content (AvgIpc) is 3.27. The number of likely N-dealkylation sites (tertiary alicyclic amines) is 1. The molecule has 27 heavy (non-hydrogen) atoms. The summed E-state index contributed by atoms with van der Waals surface area (Å²) in [4.78, 5) is 21.0. The second-order valence-corrected chi connectivity index (χ2v) is 6.64. The van der Waals surface area contributed by atoms with Crippen LogP contribution in [0.25, 0.3) is 11.4 Å². The predicted octanol–water partition coefficient (Wildman–Crippen LogP) is 2.82. The van der Waals surface area contributed by atoms with Gasteiger partial charge in [0, 0.05) is 37.0 Å². The molecule has 0 N–H and O–H groups in total. The highest BCUT2D eigenvalue weighted by Gasteiger charge is 2.63. The van der Waals surface area contributed by atoms with Crippen molar-refractivity contribution in [3.63, 3.8) is 0 Å². The van der Waals surface area contributed by atoms with Crippen LogP contribution in [-0.4, -0.2) is 45.2 Å². The number of hydrogen-bond acceptors (Lipinski definition) is 5. The van der Waals surface area contributed by atoms with Crippen LogP contribution in [0, 0.1) is 17.8 Å². The van der Waals surface area contributed by atoms with E-state index in [0.717, 1.165) is 4.90 Å². The molecule has 1 unspecified atom stereocenters. The largest absolute Gasteiger partial charge is 0.405 e. The molecule has 0 bridgehead atoms. The normalized spacial score (nSPS) is 19.9. The summed E-state index contributed by atoms with van der Waals surface area (Å²) in [7, 11) is 0. The van der Waals surface area contributed by atoms with Crippen LogP contribution in [0.2, 0.25) is 0 Å². The number of pyridine rings is 1. The molecule has 1 aliphatic rings. The highest BCUT2D eigenvalue weighted by molar-refractivity contribution is 5.93. The lowest BCUT2D eigenvalue weighted by Gasteiger charge is -2.27. The lowest BCUT2D eigenvalue weighted by Crippen LogP contribution is -2.45. The van der Waals surface area contributed by atoms with Crippen molar-refractivity contribution >= 4 is 5.91 Å². The van der Waals surface area contributed by atoms with Gasteiger partial charge in [-0.3, -0.25) is 9.78 Å². The second kappa shape index (κ2) is 7.02. The first-order chi connectivity index (χ1) is 12.7. The van der Waals surface area contributed by atoms with Crippen molar-refractivity contribution in [1.29, 1.82) is 0 Å². The standard InChI is InChI=1S/C18H17F3N4O2/c1-12(2)3-4-14(26)25-10-7-17(11-25,18(19,20)21)16-23-15(24-27-16)13-5-8-22-9-6-13/h5-6,8-9,12H,7,10-11H2,1-2H3. The molecule has 2 aromatic heterocycles. The van der Waals surface area contributed by atoms with E-state index in [1.54, 1.807) is 26.0 Å². The molecule has 1 amide bonds. The van der Waals surface area contributed by atoms with Gasteiger partial charge in [-0.05, 0) is 24.5 Å². The third-order valence-corrected chi connectivity index (χ3v) is 4.34. The molecule has 0 radical (unpaired) electrons. The summed E-state index contributed by atoms with van der Waals surface area (Å²) in [6.45, 7) is 2.91. The fourth-order valence-corrected chi connectivity index (χ4v) is 2.83. The summed E-state index contributed by atoms with van der Waals surface area (Å²) in [5, 5.41) is 3.67. The Morgan fingerprint density at radius 3 is 2.67 bits per heavy atom. The molecule has 0 aliphatic carbocycles. The Labute approximate surface area is 153 Å². The molecular formula is C18H17F3N4O2. The molecule has 0 aromatic carbocycles. The number of alkyl halides is 3. The fraction of sp³-hybridized carbons (Fsp3) is 0.444.